The molecule has 0 spiro atoms. The first-order valence-electron chi connectivity index (χ1n) is 18.1. The predicted molar refractivity (Wildman–Crippen MR) is 204 cm³/mol. The van der Waals surface area contributed by atoms with Gasteiger partial charge in [0.05, 0.1) is 40.4 Å². The molecule has 2 bridgehead atoms. The number of benzene rings is 3. The van der Waals surface area contributed by atoms with Gasteiger partial charge in [-0.3, -0.25) is 19.5 Å². The lowest BCUT2D eigenvalue weighted by Gasteiger charge is -2.53. The van der Waals surface area contributed by atoms with Crippen molar-refractivity contribution in [2.45, 2.75) is 56.7 Å². The molecule has 6 N–H and O–H groups in total. The van der Waals surface area contributed by atoms with E-state index in [0.717, 1.165) is 61.3 Å². The Morgan fingerprint density at radius 3 is 2.45 bits per heavy atom. The van der Waals surface area contributed by atoms with Crippen LogP contribution in [-0.2, 0) is 17.8 Å². The number of phenols is 1. The number of rotatable bonds is 13. The van der Waals surface area contributed by atoms with Gasteiger partial charge < -0.3 is 35.8 Å². The van der Waals surface area contributed by atoms with E-state index < -0.39 is 17.7 Å². The third kappa shape index (κ3) is 7.95. The summed E-state index contributed by atoms with van der Waals surface area (Å²) in [6.07, 6.45) is 3.73. The van der Waals surface area contributed by atoms with E-state index in [2.05, 4.69) is 25.5 Å². The van der Waals surface area contributed by atoms with Gasteiger partial charge in [0, 0.05) is 56.2 Å². The number of aryl methyl sites for hydroxylation is 1. The average molecular weight is 717 g/mol. The summed E-state index contributed by atoms with van der Waals surface area (Å²) in [4.78, 5) is 48.7. The number of hydrogen-bond donors (Lipinski definition) is 6. The molecular formula is C41H44N6O6. The molecule has 5 aromatic rings. The molecule has 3 aliphatic heterocycles. The van der Waals surface area contributed by atoms with E-state index in [4.69, 9.17) is 0 Å². The van der Waals surface area contributed by atoms with Crippen molar-refractivity contribution >= 4 is 34.3 Å². The van der Waals surface area contributed by atoms with Gasteiger partial charge in [0.2, 0.25) is 11.5 Å². The minimum atomic E-state index is -0.926. The number of anilines is 2. The number of carbonyl (C=O) groups is 2. The van der Waals surface area contributed by atoms with Crippen molar-refractivity contribution in [3.05, 3.63) is 118 Å². The number of hydrogen-bond acceptors (Lipinski definition) is 8. The number of piperidine rings is 3. The predicted octanol–water partition coefficient (Wildman–Crippen LogP) is 5.80. The molecule has 12 heteroatoms. The minimum absolute atomic E-state index is 0.0653. The van der Waals surface area contributed by atoms with E-state index >= 15 is 0 Å². The monoisotopic (exact) mass is 716 g/mol. The number of phenolic OH excluding ortho intramolecular Hbond substituents is 1. The summed E-state index contributed by atoms with van der Waals surface area (Å²) in [5.74, 6) is -0.200. The zero-order valence-electron chi connectivity index (χ0n) is 29.4. The van der Waals surface area contributed by atoms with Crippen molar-refractivity contribution < 1.29 is 24.9 Å². The number of aliphatic hydroxyl groups excluding tert-OH is 1. The van der Waals surface area contributed by atoms with Crippen LogP contribution in [-0.4, -0.2) is 73.9 Å². The SMILES string of the molecule is O=C(CCCc1ccc(-c2ccccc2)c(N(C(=O)O)C23CCN(CC2)CC3)c1)Nc1ccc(CNC[C@@H](O)c2ccc(O)c3[nH]c(=O)ccc23)nc1. The first kappa shape index (κ1) is 35.8. The van der Waals surface area contributed by atoms with Crippen LogP contribution in [0.4, 0.5) is 16.2 Å². The second-order valence-electron chi connectivity index (χ2n) is 14.0. The van der Waals surface area contributed by atoms with E-state index in [1.807, 2.05) is 48.5 Å². The molecule has 0 unspecified atom stereocenters. The van der Waals surface area contributed by atoms with Crippen LogP contribution in [0.5, 0.6) is 5.75 Å². The average Bonchev–Trinajstić information content (AvgIpc) is 3.17. The molecule has 0 saturated carbocycles. The highest BCUT2D eigenvalue weighted by Gasteiger charge is 2.47. The highest BCUT2D eigenvalue weighted by atomic mass is 16.4. The number of fused-ring (bicyclic) bond motifs is 4. The zero-order valence-corrected chi connectivity index (χ0v) is 29.4. The van der Waals surface area contributed by atoms with Crippen LogP contribution in [0.1, 0.15) is 55.0 Å². The van der Waals surface area contributed by atoms with Crippen molar-refractivity contribution in [2.75, 3.05) is 36.4 Å². The normalized spacial score (nSPS) is 18.5. The smallest absolute Gasteiger partial charge is 0.412 e. The van der Waals surface area contributed by atoms with Crippen molar-refractivity contribution in [1.82, 2.24) is 20.2 Å². The number of nitrogens with one attached hydrogen (secondary N) is 3. The lowest BCUT2D eigenvalue weighted by atomic mass is 9.78. The number of aromatic hydroxyl groups is 1. The Bertz CT molecular complexity index is 2130. The molecular weight excluding hydrogens is 672 g/mol. The third-order valence-corrected chi connectivity index (χ3v) is 10.6. The molecule has 0 radical (unpaired) electrons. The number of aromatic amines is 1. The molecule has 3 fully saturated rings. The fourth-order valence-corrected chi connectivity index (χ4v) is 7.76. The Labute approximate surface area is 307 Å². The molecule has 3 aliphatic rings. The summed E-state index contributed by atoms with van der Waals surface area (Å²) in [6.45, 7) is 3.31. The lowest BCUT2D eigenvalue weighted by molar-refractivity contribution is -0.116. The number of aliphatic hydroxyl groups is 1. The van der Waals surface area contributed by atoms with Gasteiger partial charge in [0.25, 0.3) is 0 Å². The van der Waals surface area contributed by atoms with Crippen molar-refractivity contribution in [3.63, 3.8) is 0 Å². The maximum absolute atomic E-state index is 13.0. The number of aromatic nitrogens is 2. The highest BCUT2D eigenvalue weighted by molar-refractivity contribution is 5.95. The summed E-state index contributed by atoms with van der Waals surface area (Å²) in [7, 11) is 0. The van der Waals surface area contributed by atoms with Crippen LogP contribution in [0.15, 0.2) is 95.9 Å². The third-order valence-electron chi connectivity index (χ3n) is 10.6. The highest BCUT2D eigenvalue weighted by Crippen LogP contribution is 2.44. The minimum Gasteiger partial charge on any atom is -0.506 e. The maximum Gasteiger partial charge on any atom is 0.412 e. The Morgan fingerprint density at radius 2 is 1.74 bits per heavy atom. The van der Waals surface area contributed by atoms with Crippen LogP contribution in [0.2, 0.25) is 0 Å². The molecule has 274 valence electrons. The molecule has 2 aromatic heterocycles. The summed E-state index contributed by atoms with van der Waals surface area (Å²) in [5, 5.41) is 38.2. The van der Waals surface area contributed by atoms with Crippen molar-refractivity contribution in [2.24, 2.45) is 0 Å². The van der Waals surface area contributed by atoms with E-state index in [-0.39, 0.29) is 29.3 Å². The molecule has 2 amide bonds. The van der Waals surface area contributed by atoms with Crippen LogP contribution >= 0.6 is 0 Å². The Morgan fingerprint density at radius 1 is 0.962 bits per heavy atom. The van der Waals surface area contributed by atoms with Crippen molar-refractivity contribution in [1.29, 1.82) is 0 Å². The quantitative estimate of drug-likeness (QED) is 0.0881. The first-order chi connectivity index (χ1) is 25.7. The van der Waals surface area contributed by atoms with Crippen LogP contribution in [0, 0.1) is 0 Å². The van der Waals surface area contributed by atoms with Crippen LogP contribution < -0.4 is 21.1 Å². The fourth-order valence-electron chi connectivity index (χ4n) is 7.76. The first-order valence-corrected chi connectivity index (χ1v) is 18.1. The molecule has 3 aromatic carbocycles. The van der Waals surface area contributed by atoms with Gasteiger partial charge in [-0.25, -0.2) is 4.79 Å². The number of H-pyrrole nitrogens is 1. The standard InChI is InChI=1S/C41H44N6O6/c48-35-15-13-32(33-14-16-38(51)45-39(33)35)36(49)26-42-24-29-10-11-30(25-43-29)44-37(50)8-4-5-27-9-12-31(28-6-2-1-3-7-28)34(23-27)47(40(52)53)41-17-20-46(21-18-41)22-19-41/h1-3,6-7,9-16,23,25,36,42,48-49H,4-5,8,17-22,24,26H2,(H,44,50)(H,45,51)(H,52,53)/t36-/m1/s1. The summed E-state index contributed by atoms with van der Waals surface area (Å²) < 4.78 is 0. The zero-order chi connectivity index (χ0) is 37.0. The summed E-state index contributed by atoms with van der Waals surface area (Å²) in [5.41, 5.74) is 4.95. The van der Waals surface area contributed by atoms with E-state index in [0.29, 0.717) is 48.1 Å². The summed E-state index contributed by atoms with van der Waals surface area (Å²) >= 11 is 0. The topological polar surface area (TPSA) is 171 Å². The Kier molecular flexibility index (Phi) is 10.5. The van der Waals surface area contributed by atoms with Gasteiger partial charge >= 0.3 is 6.09 Å². The Balaban J connectivity index is 0.939. The second kappa shape index (κ2) is 15.6. The largest absolute Gasteiger partial charge is 0.506 e. The van der Waals surface area contributed by atoms with Gasteiger partial charge in [-0.15, -0.1) is 0 Å². The molecule has 3 saturated heterocycles. The Hall–Kier alpha value is -5.56. The molecule has 1 atom stereocenters. The molecule has 8 rings (SSSR count). The van der Waals surface area contributed by atoms with E-state index in [1.54, 1.807) is 35.4 Å². The molecule has 0 aliphatic carbocycles. The van der Waals surface area contributed by atoms with Crippen molar-refractivity contribution in [3.8, 4) is 16.9 Å². The van der Waals surface area contributed by atoms with Crippen LogP contribution in [0.25, 0.3) is 22.0 Å². The number of nitrogens with zero attached hydrogens (tertiary/aromatic N) is 3. The van der Waals surface area contributed by atoms with Gasteiger partial charge in [-0.2, -0.15) is 0 Å². The van der Waals surface area contributed by atoms with Gasteiger partial charge in [-0.05, 0) is 79.1 Å². The molecule has 5 heterocycles. The second-order valence-corrected chi connectivity index (χ2v) is 14.0. The molecule has 12 nitrogen and oxygen atoms in total. The number of carboxylic acid groups (broad SMARTS) is 1. The van der Waals surface area contributed by atoms with E-state index in [1.165, 1.54) is 12.1 Å². The van der Waals surface area contributed by atoms with Gasteiger partial charge in [0.15, 0.2) is 0 Å². The van der Waals surface area contributed by atoms with Gasteiger partial charge in [-0.1, -0.05) is 48.5 Å². The fraction of sp³-hybridized carbons (Fsp3) is 0.317. The van der Waals surface area contributed by atoms with Crippen LogP contribution in [0.3, 0.4) is 0 Å². The lowest BCUT2D eigenvalue weighted by Crippen LogP contribution is -2.62. The number of amides is 2. The summed E-state index contributed by atoms with van der Waals surface area (Å²) in [6, 6.07) is 25.6. The number of carbonyl (C=O) groups excluding carboxylic acids is 1. The van der Waals surface area contributed by atoms with E-state index in [9.17, 15) is 29.7 Å². The molecule has 53 heavy (non-hydrogen) atoms. The van der Waals surface area contributed by atoms with Gasteiger partial charge in [0.1, 0.15) is 5.75 Å². The number of pyridine rings is 2. The maximum atomic E-state index is 13.0.